The molecule has 5 heteroatoms. The summed E-state index contributed by atoms with van der Waals surface area (Å²) in [4.78, 5) is 4.19. The van der Waals surface area contributed by atoms with Crippen molar-refractivity contribution in [1.82, 2.24) is 14.6 Å². The highest BCUT2D eigenvalue weighted by atomic mass is 35.5. The number of aromatic nitrogens is 3. The van der Waals surface area contributed by atoms with Gasteiger partial charge in [-0.1, -0.05) is 29.8 Å². The number of nitrogen functional groups attached to an aromatic ring is 1. The Balaban J connectivity index is 2.22. The molecule has 0 fully saturated rings. The zero-order chi connectivity index (χ0) is 11.8. The zero-order valence-electron chi connectivity index (χ0n) is 8.84. The lowest BCUT2D eigenvalue weighted by atomic mass is 10.1. The Labute approximate surface area is 103 Å². The summed E-state index contributed by atoms with van der Waals surface area (Å²) < 4.78 is 1.68. The van der Waals surface area contributed by atoms with E-state index < -0.39 is 0 Å². The fourth-order valence-electron chi connectivity index (χ4n) is 1.69. The highest BCUT2D eigenvalue weighted by molar-refractivity contribution is 6.33. The van der Waals surface area contributed by atoms with Crippen molar-refractivity contribution in [2.24, 2.45) is 0 Å². The maximum absolute atomic E-state index is 6.12. The van der Waals surface area contributed by atoms with Crippen molar-refractivity contribution in [3.05, 3.63) is 47.6 Å². The maximum atomic E-state index is 6.12. The second kappa shape index (κ2) is 3.75. The van der Waals surface area contributed by atoms with E-state index in [1.165, 1.54) is 0 Å². The van der Waals surface area contributed by atoms with Gasteiger partial charge in [0.15, 0.2) is 5.65 Å². The third-order valence-electron chi connectivity index (χ3n) is 2.50. The lowest BCUT2D eigenvalue weighted by Gasteiger charge is -1.97. The van der Waals surface area contributed by atoms with Gasteiger partial charge in [-0.05, 0) is 12.1 Å². The quantitative estimate of drug-likeness (QED) is 0.716. The summed E-state index contributed by atoms with van der Waals surface area (Å²) in [6.07, 6.45) is 1.78. The van der Waals surface area contributed by atoms with Crippen molar-refractivity contribution >= 4 is 23.1 Å². The average Bonchev–Trinajstić information content (AvgIpc) is 2.72. The van der Waals surface area contributed by atoms with Gasteiger partial charge in [0.2, 0.25) is 0 Å². The molecule has 0 saturated carbocycles. The summed E-state index contributed by atoms with van der Waals surface area (Å²) in [5.74, 6) is 0.475. The molecule has 2 heterocycles. The number of hydrogen-bond donors (Lipinski definition) is 1. The van der Waals surface area contributed by atoms with Gasteiger partial charge in [0.05, 0.1) is 10.7 Å². The van der Waals surface area contributed by atoms with Crippen molar-refractivity contribution in [2.45, 2.75) is 0 Å². The lowest BCUT2D eigenvalue weighted by Crippen LogP contribution is -1.94. The third kappa shape index (κ3) is 1.72. The fraction of sp³-hybridized carbons (Fsp3) is 0. The minimum atomic E-state index is 0.475. The van der Waals surface area contributed by atoms with E-state index in [0.29, 0.717) is 16.5 Å². The highest BCUT2D eigenvalue weighted by Gasteiger charge is 2.08. The summed E-state index contributed by atoms with van der Waals surface area (Å²) in [5, 5.41) is 5.07. The first-order valence-corrected chi connectivity index (χ1v) is 5.48. The number of halogens is 1. The van der Waals surface area contributed by atoms with Crippen molar-refractivity contribution in [2.75, 3.05) is 5.73 Å². The van der Waals surface area contributed by atoms with Gasteiger partial charge in [-0.15, -0.1) is 0 Å². The van der Waals surface area contributed by atoms with Gasteiger partial charge in [-0.3, -0.25) is 0 Å². The smallest absolute Gasteiger partial charge is 0.157 e. The van der Waals surface area contributed by atoms with E-state index in [2.05, 4.69) is 10.1 Å². The van der Waals surface area contributed by atoms with Crippen LogP contribution in [0.15, 0.2) is 42.6 Å². The zero-order valence-corrected chi connectivity index (χ0v) is 9.59. The summed E-state index contributed by atoms with van der Waals surface area (Å²) in [6, 6.07) is 11.1. The summed E-state index contributed by atoms with van der Waals surface area (Å²) in [7, 11) is 0. The molecular formula is C12H9ClN4. The van der Waals surface area contributed by atoms with Crippen LogP contribution in [0.3, 0.4) is 0 Å². The van der Waals surface area contributed by atoms with Crippen molar-refractivity contribution in [3.8, 4) is 11.3 Å². The SMILES string of the molecule is Nc1ccn2nc(-c3ccccc3Cl)cc2n1. The topological polar surface area (TPSA) is 56.2 Å². The Morgan fingerprint density at radius 2 is 2.00 bits per heavy atom. The van der Waals surface area contributed by atoms with Crippen LogP contribution in [0, 0.1) is 0 Å². The molecule has 0 unspecified atom stereocenters. The summed E-state index contributed by atoms with van der Waals surface area (Å²) >= 11 is 6.12. The number of nitrogens with zero attached hydrogens (tertiary/aromatic N) is 3. The van der Waals surface area contributed by atoms with E-state index in [0.717, 1.165) is 11.3 Å². The molecule has 3 aromatic rings. The fourth-order valence-corrected chi connectivity index (χ4v) is 1.93. The summed E-state index contributed by atoms with van der Waals surface area (Å²) in [5.41, 5.74) is 8.00. The molecule has 0 amide bonds. The van der Waals surface area contributed by atoms with Crippen molar-refractivity contribution < 1.29 is 0 Å². The molecule has 2 N–H and O–H groups in total. The molecule has 84 valence electrons. The van der Waals surface area contributed by atoms with Crippen LogP contribution >= 0.6 is 11.6 Å². The third-order valence-corrected chi connectivity index (χ3v) is 2.83. The van der Waals surface area contributed by atoms with Crippen LogP contribution < -0.4 is 5.73 Å². The Morgan fingerprint density at radius 1 is 1.18 bits per heavy atom. The van der Waals surface area contributed by atoms with Crippen molar-refractivity contribution in [1.29, 1.82) is 0 Å². The average molecular weight is 245 g/mol. The molecule has 1 aromatic carbocycles. The van der Waals surface area contributed by atoms with Gasteiger partial charge in [0.25, 0.3) is 0 Å². The van der Waals surface area contributed by atoms with Crippen LogP contribution in [0.5, 0.6) is 0 Å². The Hall–Kier alpha value is -2.07. The molecule has 0 aliphatic carbocycles. The number of rotatable bonds is 1. The van der Waals surface area contributed by atoms with Gasteiger partial charge in [0.1, 0.15) is 5.82 Å². The molecule has 17 heavy (non-hydrogen) atoms. The number of anilines is 1. The van der Waals surface area contributed by atoms with Crippen LogP contribution in [-0.4, -0.2) is 14.6 Å². The number of hydrogen-bond acceptors (Lipinski definition) is 3. The lowest BCUT2D eigenvalue weighted by molar-refractivity contribution is 0.946. The van der Waals surface area contributed by atoms with E-state index in [1.807, 2.05) is 30.3 Å². The minimum absolute atomic E-state index is 0.475. The molecular weight excluding hydrogens is 236 g/mol. The Bertz CT molecular complexity index is 690. The first-order valence-electron chi connectivity index (χ1n) is 5.11. The van der Waals surface area contributed by atoms with Gasteiger partial charge in [-0.2, -0.15) is 5.10 Å². The van der Waals surface area contributed by atoms with Crippen LogP contribution in [0.25, 0.3) is 16.9 Å². The molecule has 0 saturated heterocycles. The molecule has 0 radical (unpaired) electrons. The minimum Gasteiger partial charge on any atom is -0.384 e. The van der Waals surface area contributed by atoms with E-state index in [9.17, 15) is 0 Å². The molecule has 4 nitrogen and oxygen atoms in total. The van der Waals surface area contributed by atoms with E-state index >= 15 is 0 Å². The normalized spacial score (nSPS) is 10.9. The van der Waals surface area contributed by atoms with Gasteiger partial charge >= 0.3 is 0 Å². The van der Waals surface area contributed by atoms with Crippen LogP contribution in [0.1, 0.15) is 0 Å². The van der Waals surface area contributed by atoms with Crippen LogP contribution in [-0.2, 0) is 0 Å². The largest absolute Gasteiger partial charge is 0.384 e. The molecule has 3 rings (SSSR count). The predicted octanol–water partition coefficient (Wildman–Crippen LogP) is 2.63. The van der Waals surface area contributed by atoms with E-state index in [-0.39, 0.29) is 0 Å². The molecule has 0 aliphatic rings. The first-order chi connectivity index (χ1) is 8.24. The number of fused-ring (bicyclic) bond motifs is 1. The van der Waals surface area contributed by atoms with E-state index in [1.54, 1.807) is 16.8 Å². The maximum Gasteiger partial charge on any atom is 0.157 e. The van der Waals surface area contributed by atoms with E-state index in [4.69, 9.17) is 17.3 Å². The predicted molar refractivity (Wildman–Crippen MR) is 67.8 cm³/mol. The van der Waals surface area contributed by atoms with Crippen molar-refractivity contribution in [3.63, 3.8) is 0 Å². The van der Waals surface area contributed by atoms with Gasteiger partial charge in [-0.25, -0.2) is 9.50 Å². The Kier molecular flexibility index (Phi) is 2.23. The second-order valence-corrected chi connectivity index (χ2v) is 4.07. The Morgan fingerprint density at radius 3 is 2.82 bits per heavy atom. The monoisotopic (exact) mass is 244 g/mol. The molecule has 0 aliphatic heterocycles. The number of nitrogens with two attached hydrogens (primary N) is 1. The molecule has 2 aromatic heterocycles. The van der Waals surface area contributed by atoms with Gasteiger partial charge in [0, 0.05) is 17.8 Å². The molecule has 0 spiro atoms. The second-order valence-electron chi connectivity index (χ2n) is 3.66. The van der Waals surface area contributed by atoms with Gasteiger partial charge < -0.3 is 5.73 Å². The highest BCUT2D eigenvalue weighted by Crippen LogP contribution is 2.26. The van der Waals surface area contributed by atoms with Crippen LogP contribution in [0.4, 0.5) is 5.82 Å². The first kappa shape index (κ1) is 10.1. The summed E-state index contributed by atoms with van der Waals surface area (Å²) in [6.45, 7) is 0. The standard InChI is InChI=1S/C12H9ClN4/c13-9-4-2-1-3-8(9)10-7-12-15-11(14)5-6-17(12)16-10/h1-7H,(H2,14,15). The molecule has 0 atom stereocenters. The number of benzene rings is 1. The van der Waals surface area contributed by atoms with Crippen LogP contribution in [0.2, 0.25) is 5.02 Å². The molecule has 0 bridgehead atoms.